The molecule has 0 saturated carbocycles. The van der Waals surface area contributed by atoms with Gasteiger partial charge in [0, 0.05) is 32.2 Å². The highest BCUT2D eigenvalue weighted by molar-refractivity contribution is 5.94. The average Bonchev–Trinajstić information content (AvgIpc) is 3.29. The number of rotatable bonds is 5. The van der Waals surface area contributed by atoms with Crippen molar-refractivity contribution in [1.82, 2.24) is 25.1 Å². The number of benzene rings is 2. The summed E-state index contributed by atoms with van der Waals surface area (Å²) in [6.07, 6.45) is 1.68. The number of carbonyl (C=O) groups is 1. The molecule has 31 heavy (non-hydrogen) atoms. The number of nitrogens with zero attached hydrogens (tertiary/aromatic N) is 5. The minimum atomic E-state index is -0.0563. The van der Waals surface area contributed by atoms with E-state index in [0.717, 1.165) is 16.9 Å². The van der Waals surface area contributed by atoms with Crippen LogP contribution in [0.5, 0.6) is 5.75 Å². The second kappa shape index (κ2) is 8.35. The lowest BCUT2D eigenvalue weighted by Crippen LogP contribution is -2.21. The first-order valence-corrected chi connectivity index (χ1v) is 9.60. The predicted octanol–water partition coefficient (Wildman–Crippen LogP) is 4.13. The SMILES string of the molecule is COc1ccc(-c2nnc(-c3nc(-c4ccc(C(=O)N(C)C)cc4)cnc3C)o2)cc1.[HH]. The lowest BCUT2D eigenvalue weighted by Gasteiger charge is -2.10. The van der Waals surface area contributed by atoms with E-state index in [1.165, 1.54) is 4.90 Å². The molecule has 0 aliphatic rings. The van der Waals surface area contributed by atoms with Crippen LogP contribution in [0.15, 0.2) is 59.1 Å². The van der Waals surface area contributed by atoms with E-state index in [0.29, 0.717) is 28.5 Å². The van der Waals surface area contributed by atoms with Crippen molar-refractivity contribution in [2.45, 2.75) is 6.92 Å². The molecule has 2 heterocycles. The Labute approximate surface area is 181 Å². The maximum atomic E-state index is 12.1. The van der Waals surface area contributed by atoms with Crippen LogP contribution in [0.2, 0.25) is 0 Å². The van der Waals surface area contributed by atoms with Crippen molar-refractivity contribution in [2.24, 2.45) is 0 Å². The Morgan fingerprint density at radius 3 is 2.26 bits per heavy atom. The summed E-state index contributed by atoms with van der Waals surface area (Å²) in [5.74, 6) is 1.36. The van der Waals surface area contributed by atoms with Crippen molar-refractivity contribution in [3.05, 3.63) is 66.0 Å². The molecule has 0 atom stereocenters. The first-order valence-electron chi connectivity index (χ1n) is 9.60. The molecular formula is C23H23N5O3. The van der Waals surface area contributed by atoms with Gasteiger partial charge in [-0.3, -0.25) is 9.78 Å². The van der Waals surface area contributed by atoms with Gasteiger partial charge in [0.15, 0.2) is 0 Å². The molecule has 1 amide bonds. The molecule has 4 aromatic rings. The molecule has 0 saturated heterocycles. The summed E-state index contributed by atoms with van der Waals surface area (Å²) < 4.78 is 11.0. The van der Waals surface area contributed by atoms with E-state index < -0.39 is 0 Å². The van der Waals surface area contributed by atoms with Gasteiger partial charge in [0.2, 0.25) is 5.89 Å². The lowest BCUT2D eigenvalue weighted by molar-refractivity contribution is 0.0827. The highest BCUT2D eigenvalue weighted by Gasteiger charge is 2.16. The zero-order valence-electron chi connectivity index (χ0n) is 17.7. The van der Waals surface area contributed by atoms with E-state index in [-0.39, 0.29) is 13.2 Å². The van der Waals surface area contributed by atoms with Gasteiger partial charge in [0.05, 0.1) is 24.7 Å². The fraction of sp³-hybridized carbons (Fsp3) is 0.174. The summed E-state index contributed by atoms with van der Waals surface area (Å²) in [5, 5.41) is 8.30. The van der Waals surface area contributed by atoms with Crippen LogP contribution in [0.1, 0.15) is 17.5 Å². The molecule has 2 aromatic carbocycles. The zero-order chi connectivity index (χ0) is 22.0. The number of hydrogen-bond donors (Lipinski definition) is 0. The summed E-state index contributed by atoms with van der Waals surface area (Å²) in [4.78, 5) is 22.8. The molecule has 0 N–H and O–H groups in total. The molecule has 0 radical (unpaired) electrons. The zero-order valence-corrected chi connectivity index (χ0v) is 17.7. The topological polar surface area (TPSA) is 94.2 Å². The Bertz CT molecular complexity index is 1220. The Kier molecular flexibility index (Phi) is 5.44. The van der Waals surface area contributed by atoms with Crippen molar-refractivity contribution >= 4 is 5.91 Å². The van der Waals surface area contributed by atoms with E-state index >= 15 is 0 Å². The Hall–Kier alpha value is -4.07. The average molecular weight is 417 g/mol. The third kappa shape index (κ3) is 4.13. The third-order valence-corrected chi connectivity index (χ3v) is 4.75. The van der Waals surface area contributed by atoms with Crippen LogP contribution in [-0.4, -0.2) is 52.2 Å². The van der Waals surface area contributed by atoms with Gasteiger partial charge in [0.25, 0.3) is 11.8 Å². The maximum absolute atomic E-state index is 12.1. The number of methoxy groups -OCH3 is 1. The van der Waals surface area contributed by atoms with Gasteiger partial charge >= 0.3 is 0 Å². The smallest absolute Gasteiger partial charge is 0.268 e. The van der Waals surface area contributed by atoms with Gasteiger partial charge < -0.3 is 14.1 Å². The van der Waals surface area contributed by atoms with E-state index in [2.05, 4.69) is 20.2 Å². The van der Waals surface area contributed by atoms with Crippen LogP contribution in [0.4, 0.5) is 0 Å². The van der Waals surface area contributed by atoms with Crippen LogP contribution in [0, 0.1) is 6.92 Å². The lowest BCUT2D eigenvalue weighted by atomic mass is 10.1. The summed E-state index contributed by atoms with van der Waals surface area (Å²) in [7, 11) is 5.05. The van der Waals surface area contributed by atoms with Crippen LogP contribution < -0.4 is 4.74 Å². The van der Waals surface area contributed by atoms with Gasteiger partial charge in [-0.05, 0) is 43.3 Å². The quantitative estimate of drug-likeness (QED) is 0.482. The second-order valence-corrected chi connectivity index (χ2v) is 7.11. The van der Waals surface area contributed by atoms with Crippen LogP contribution in [-0.2, 0) is 0 Å². The molecule has 2 aromatic heterocycles. The van der Waals surface area contributed by atoms with E-state index in [4.69, 9.17) is 9.15 Å². The molecule has 8 heteroatoms. The standard InChI is InChI=1S/C23H21N5O3.H2/c1-14-20(22-27-26-21(31-22)16-9-11-18(30-4)12-10-16)25-19(13-24-14)15-5-7-17(8-6-15)23(29)28(2)3;/h5-13H,1-4H3;1H. The van der Waals surface area contributed by atoms with Crippen LogP contribution >= 0.6 is 0 Å². The number of ether oxygens (including phenoxy) is 1. The number of aromatic nitrogens is 4. The molecule has 0 fully saturated rings. The summed E-state index contributed by atoms with van der Waals surface area (Å²) in [6, 6.07) is 14.6. The second-order valence-electron chi connectivity index (χ2n) is 7.11. The van der Waals surface area contributed by atoms with Crippen molar-refractivity contribution < 1.29 is 15.4 Å². The van der Waals surface area contributed by atoms with Gasteiger partial charge in [-0.15, -0.1) is 10.2 Å². The number of amides is 1. The molecule has 0 aliphatic carbocycles. The molecule has 0 bridgehead atoms. The monoisotopic (exact) mass is 417 g/mol. The maximum Gasteiger partial charge on any atom is 0.268 e. The Morgan fingerprint density at radius 2 is 1.61 bits per heavy atom. The highest BCUT2D eigenvalue weighted by Crippen LogP contribution is 2.27. The van der Waals surface area contributed by atoms with E-state index in [1.807, 2.05) is 43.3 Å². The van der Waals surface area contributed by atoms with Crippen molar-refractivity contribution in [3.8, 4) is 40.0 Å². The fourth-order valence-corrected chi connectivity index (χ4v) is 3.00. The first kappa shape index (κ1) is 20.2. The number of carbonyl (C=O) groups excluding carboxylic acids is 1. The third-order valence-electron chi connectivity index (χ3n) is 4.75. The predicted molar refractivity (Wildman–Crippen MR) is 118 cm³/mol. The Morgan fingerprint density at radius 1 is 0.968 bits per heavy atom. The largest absolute Gasteiger partial charge is 0.497 e. The summed E-state index contributed by atoms with van der Waals surface area (Å²) in [5.41, 5.74) is 4.05. The summed E-state index contributed by atoms with van der Waals surface area (Å²) >= 11 is 0. The molecule has 8 nitrogen and oxygen atoms in total. The number of hydrogen-bond acceptors (Lipinski definition) is 7. The number of aryl methyl sites for hydroxylation is 1. The van der Waals surface area contributed by atoms with E-state index in [1.54, 1.807) is 39.5 Å². The minimum absolute atomic E-state index is 0. The van der Waals surface area contributed by atoms with Crippen molar-refractivity contribution in [1.29, 1.82) is 0 Å². The first-order chi connectivity index (χ1) is 15.0. The van der Waals surface area contributed by atoms with Gasteiger partial charge in [-0.2, -0.15) is 0 Å². The molecule has 158 valence electrons. The molecule has 0 spiro atoms. The summed E-state index contributed by atoms with van der Waals surface area (Å²) in [6.45, 7) is 1.84. The van der Waals surface area contributed by atoms with Crippen LogP contribution in [0.3, 0.4) is 0 Å². The minimum Gasteiger partial charge on any atom is -0.497 e. The van der Waals surface area contributed by atoms with Gasteiger partial charge in [0.1, 0.15) is 11.4 Å². The molecule has 0 unspecified atom stereocenters. The van der Waals surface area contributed by atoms with Crippen molar-refractivity contribution in [2.75, 3.05) is 21.2 Å². The van der Waals surface area contributed by atoms with Gasteiger partial charge in [-0.25, -0.2) is 4.98 Å². The molecular weight excluding hydrogens is 394 g/mol. The molecule has 0 aliphatic heterocycles. The normalized spacial score (nSPS) is 10.7. The Balaban J connectivity index is 0.00000289. The fourth-order valence-electron chi connectivity index (χ4n) is 3.00. The highest BCUT2D eigenvalue weighted by atomic mass is 16.5. The van der Waals surface area contributed by atoms with E-state index in [9.17, 15) is 4.79 Å². The van der Waals surface area contributed by atoms with Crippen LogP contribution in [0.25, 0.3) is 34.3 Å². The van der Waals surface area contributed by atoms with Gasteiger partial charge in [-0.1, -0.05) is 12.1 Å². The molecule has 4 rings (SSSR count). The van der Waals surface area contributed by atoms with Crippen molar-refractivity contribution in [3.63, 3.8) is 0 Å².